The van der Waals surface area contributed by atoms with Gasteiger partial charge in [0, 0.05) is 36.7 Å². The van der Waals surface area contributed by atoms with Crippen LogP contribution in [-0.4, -0.2) is 42.1 Å². The van der Waals surface area contributed by atoms with Gasteiger partial charge in [0.1, 0.15) is 5.75 Å². The topological polar surface area (TPSA) is 38.5 Å². The van der Waals surface area contributed by atoms with E-state index in [0.29, 0.717) is 19.2 Å². The van der Waals surface area contributed by atoms with Crippen molar-refractivity contribution in [2.75, 3.05) is 32.0 Å². The van der Waals surface area contributed by atoms with Crippen molar-refractivity contribution >= 4 is 11.8 Å². The Morgan fingerprint density at radius 2 is 2.10 bits per heavy atom. The molecule has 20 heavy (non-hydrogen) atoms. The Morgan fingerprint density at radius 3 is 2.70 bits per heavy atom. The van der Waals surface area contributed by atoms with Gasteiger partial charge in [0.25, 0.3) is 0 Å². The molecule has 0 bridgehead atoms. The summed E-state index contributed by atoms with van der Waals surface area (Å²) >= 11 is 2.10. The molecule has 3 nitrogen and oxygen atoms in total. The average molecular weight is 294 g/mol. The first-order chi connectivity index (χ1) is 9.78. The van der Waals surface area contributed by atoms with E-state index < -0.39 is 0 Å². The van der Waals surface area contributed by atoms with Gasteiger partial charge < -0.3 is 10.5 Å². The van der Waals surface area contributed by atoms with Gasteiger partial charge in [0.2, 0.25) is 0 Å². The predicted molar refractivity (Wildman–Crippen MR) is 87.5 cm³/mol. The summed E-state index contributed by atoms with van der Waals surface area (Å²) < 4.78 is 5.51. The number of ether oxygens (including phenoxy) is 1. The summed E-state index contributed by atoms with van der Waals surface area (Å²) in [4.78, 5) is 2.54. The molecule has 1 aromatic rings. The second-order valence-corrected chi connectivity index (χ2v) is 6.56. The van der Waals surface area contributed by atoms with Crippen molar-refractivity contribution in [3.05, 3.63) is 29.8 Å². The Morgan fingerprint density at radius 1 is 1.35 bits per heavy atom. The summed E-state index contributed by atoms with van der Waals surface area (Å²) in [6.45, 7) is 7.95. The Kier molecular flexibility index (Phi) is 6.20. The van der Waals surface area contributed by atoms with Gasteiger partial charge in [-0.05, 0) is 31.0 Å². The molecule has 0 amide bonds. The zero-order chi connectivity index (χ0) is 14.4. The van der Waals surface area contributed by atoms with Crippen LogP contribution in [0.3, 0.4) is 0 Å². The van der Waals surface area contributed by atoms with Crippen LogP contribution in [0.1, 0.15) is 31.9 Å². The van der Waals surface area contributed by atoms with Crippen LogP contribution in [0.4, 0.5) is 0 Å². The van der Waals surface area contributed by atoms with Crippen LogP contribution in [0.25, 0.3) is 0 Å². The highest BCUT2D eigenvalue weighted by molar-refractivity contribution is 8.00. The monoisotopic (exact) mass is 294 g/mol. The van der Waals surface area contributed by atoms with Gasteiger partial charge >= 0.3 is 0 Å². The molecule has 1 aromatic carbocycles. The molecule has 1 saturated heterocycles. The van der Waals surface area contributed by atoms with Gasteiger partial charge in [-0.3, -0.25) is 4.90 Å². The van der Waals surface area contributed by atoms with Crippen LogP contribution < -0.4 is 10.5 Å². The number of rotatable bonds is 6. The lowest BCUT2D eigenvalue weighted by Crippen LogP contribution is -2.42. The van der Waals surface area contributed by atoms with Gasteiger partial charge in [0.15, 0.2) is 0 Å². The van der Waals surface area contributed by atoms with E-state index >= 15 is 0 Å². The molecule has 1 heterocycles. The lowest BCUT2D eigenvalue weighted by Gasteiger charge is -2.37. The van der Waals surface area contributed by atoms with Gasteiger partial charge in [-0.2, -0.15) is 11.8 Å². The second kappa shape index (κ2) is 7.91. The van der Waals surface area contributed by atoms with Crippen LogP contribution in [0.15, 0.2) is 24.3 Å². The molecule has 1 aliphatic heterocycles. The van der Waals surface area contributed by atoms with E-state index in [-0.39, 0.29) is 0 Å². The maximum absolute atomic E-state index is 6.04. The van der Waals surface area contributed by atoms with Crippen molar-refractivity contribution in [2.45, 2.75) is 31.6 Å². The van der Waals surface area contributed by atoms with Crippen molar-refractivity contribution in [1.82, 2.24) is 4.90 Å². The highest BCUT2D eigenvalue weighted by atomic mass is 32.2. The maximum atomic E-state index is 6.04. The van der Waals surface area contributed by atoms with Crippen molar-refractivity contribution in [2.24, 2.45) is 5.73 Å². The van der Waals surface area contributed by atoms with Gasteiger partial charge in [0.05, 0.1) is 6.61 Å². The molecular weight excluding hydrogens is 268 g/mol. The highest BCUT2D eigenvalue weighted by Crippen LogP contribution is 2.29. The van der Waals surface area contributed by atoms with E-state index in [0.717, 1.165) is 24.1 Å². The molecule has 2 N–H and O–H groups in total. The third-order valence-corrected chi connectivity index (χ3v) is 5.24. The first-order valence-electron chi connectivity index (χ1n) is 7.57. The maximum Gasteiger partial charge on any atom is 0.119 e. The number of hydrogen-bond donors (Lipinski definition) is 1. The highest BCUT2D eigenvalue weighted by Gasteiger charge is 2.25. The molecule has 4 heteroatoms. The molecule has 2 atom stereocenters. The summed E-state index contributed by atoms with van der Waals surface area (Å²) in [6, 6.07) is 8.76. The van der Waals surface area contributed by atoms with E-state index in [4.69, 9.17) is 10.5 Å². The minimum absolute atomic E-state index is 0.334. The lowest BCUT2D eigenvalue weighted by atomic mass is 10.0. The molecule has 0 aliphatic carbocycles. The fourth-order valence-corrected chi connectivity index (χ4v) is 3.93. The van der Waals surface area contributed by atoms with Gasteiger partial charge in [-0.25, -0.2) is 0 Å². The minimum atomic E-state index is 0.334. The Balaban J connectivity index is 2.06. The smallest absolute Gasteiger partial charge is 0.119 e. The minimum Gasteiger partial charge on any atom is -0.494 e. The van der Waals surface area contributed by atoms with Crippen LogP contribution >= 0.6 is 11.8 Å². The normalized spacial score (nSPS) is 21.6. The first-order valence-corrected chi connectivity index (χ1v) is 8.61. The standard InChI is InChI=1S/C16H26N2OS/c1-3-15-12-18(9-10-20-15)16(11-17)13-5-7-14(8-6-13)19-4-2/h5-8,15-16H,3-4,9-12,17H2,1-2H3. The third-order valence-electron chi connectivity index (χ3n) is 3.87. The van der Waals surface area contributed by atoms with Crippen molar-refractivity contribution < 1.29 is 4.74 Å². The number of benzene rings is 1. The molecule has 2 rings (SSSR count). The van der Waals surface area contributed by atoms with Crippen LogP contribution in [0.2, 0.25) is 0 Å². The van der Waals surface area contributed by atoms with E-state index in [9.17, 15) is 0 Å². The molecule has 112 valence electrons. The molecule has 1 fully saturated rings. The van der Waals surface area contributed by atoms with Crippen LogP contribution in [-0.2, 0) is 0 Å². The summed E-state index contributed by atoms with van der Waals surface area (Å²) in [5, 5.41) is 0.750. The molecule has 0 saturated carbocycles. The van der Waals surface area contributed by atoms with E-state index in [1.807, 2.05) is 6.92 Å². The molecule has 0 radical (unpaired) electrons. The summed E-state index contributed by atoms with van der Waals surface area (Å²) in [6.07, 6.45) is 1.24. The Bertz CT molecular complexity index is 396. The number of nitrogens with two attached hydrogens (primary N) is 1. The van der Waals surface area contributed by atoms with Crippen LogP contribution in [0, 0.1) is 0 Å². The second-order valence-electron chi connectivity index (χ2n) is 5.15. The molecule has 2 unspecified atom stereocenters. The zero-order valence-electron chi connectivity index (χ0n) is 12.5. The molecule has 0 spiro atoms. The van der Waals surface area contributed by atoms with Crippen LogP contribution in [0.5, 0.6) is 5.75 Å². The van der Waals surface area contributed by atoms with E-state index in [1.54, 1.807) is 0 Å². The fraction of sp³-hybridized carbons (Fsp3) is 0.625. The Labute approximate surface area is 126 Å². The summed E-state index contributed by atoms with van der Waals surface area (Å²) in [5.74, 6) is 2.15. The quantitative estimate of drug-likeness (QED) is 0.875. The number of nitrogens with zero attached hydrogens (tertiary/aromatic N) is 1. The predicted octanol–water partition coefficient (Wildman–Crippen LogP) is 2.91. The fourth-order valence-electron chi connectivity index (χ4n) is 2.72. The number of thioether (sulfide) groups is 1. The summed E-state index contributed by atoms with van der Waals surface area (Å²) in [7, 11) is 0. The SMILES string of the molecule is CCOc1ccc(C(CN)N2CCSC(CC)C2)cc1. The van der Waals surface area contributed by atoms with E-state index in [1.165, 1.54) is 17.7 Å². The molecule has 1 aliphatic rings. The van der Waals surface area contributed by atoms with Crippen molar-refractivity contribution in [3.8, 4) is 5.75 Å². The zero-order valence-corrected chi connectivity index (χ0v) is 13.4. The third kappa shape index (κ3) is 3.90. The average Bonchev–Trinajstić information content (AvgIpc) is 2.50. The number of hydrogen-bond acceptors (Lipinski definition) is 4. The molecule has 0 aromatic heterocycles. The van der Waals surface area contributed by atoms with Gasteiger partial charge in [-0.15, -0.1) is 0 Å². The van der Waals surface area contributed by atoms with Gasteiger partial charge in [-0.1, -0.05) is 19.1 Å². The summed E-state index contributed by atoms with van der Waals surface area (Å²) in [5.41, 5.74) is 7.34. The molecular formula is C16H26N2OS. The van der Waals surface area contributed by atoms with Crippen molar-refractivity contribution in [1.29, 1.82) is 0 Å². The van der Waals surface area contributed by atoms with E-state index in [2.05, 4.69) is 47.9 Å². The van der Waals surface area contributed by atoms with Crippen molar-refractivity contribution in [3.63, 3.8) is 0 Å². The lowest BCUT2D eigenvalue weighted by molar-refractivity contribution is 0.207. The largest absolute Gasteiger partial charge is 0.494 e. The Hall–Kier alpha value is -0.710. The first kappa shape index (κ1) is 15.7.